The van der Waals surface area contributed by atoms with E-state index >= 15 is 0 Å². The van der Waals surface area contributed by atoms with E-state index in [0.29, 0.717) is 6.42 Å². The number of ether oxygens (including phenoxy) is 1. The molecule has 0 aliphatic heterocycles. The first-order chi connectivity index (χ1) is 12.7. The molecule has 3 aromatic carbocycles. The van der Waals surface area contributed by atoms with E-state index < -0.39 is 0 Å². The molecule has 26 heavy (non-hydrogen) atoms. The van der Waals surface area contributed by atoms with Gasteiger partial charge in [-0.2, -0.15) is 0 Å². The van der Waals surface area contributed by atoms with Crippen LogP contribution in [-0.2, 0) is 17.6 Å². The van der Waals surface area contributed by atoms with Gasteiger partial charge in [-0.3, -0.25) is 4.79 Å². The summed E-state index contributed by atoms with van der Waals surface area (Å²) in [4.78, 5) is 12.1. The number of nitrogens with one attached hydrogen (secondary N) is 1. The van der Waals surface area contributed by atoms with E-state index in [1.54, 1.807) is 0 Å². The van der Waals surface area contributed by atoms with Crippen LogP contribution in [0.25, 0.3) is 0 Å². The van der Waals surface area contributed by atoms with Gasteiger partial charge in [0.2, 0.25) is 5.91 Å². The summed E-state index contributed by atoms with van der Waals surface area (Å²) in [7, 11) is 0. The quantitative estimate of drug-likeness (QED) is 0.604. The average molecular weight is 345 g/mol. The molecule has 3 aromatic rings. The molecular formula is C23H23NO2. The smallest absolute Gasteiger partial charge is 0.224 e. The van der Waals surface area contributed by atoms with Crippen LogP contribution < -0.4 is 10.1 Å². The number of hydrogen-bond donors (Lipinski definition) is 1. The van der Waals surface area contributed by atoms with Gasteiger partial charge in [0.25, 0.3) is 0 Å². The van der Waals surface area contributed by atoms with Crippen LogP contribution in [0.2, 0.25) is 0 Å². The number of hydrogen-bond acceptors (Lipinski definition) is 2. The first kappa shape index (κ1) is 17.7. The van der Waals surface area contributed by atoms with E-state index in [-0.39, 0.29) is 5.91 Å². The van der Waals surface area contributed by atoms with Gasteiger partial charge < -0.3 is 10.1 Å². The van der Waals surface area contributed by atoms with Crippen LogP contribution in [-0.4, -0.2) is 5.91 Å². The molecular weight excluding hydrogens is 322 g/mol. The third kappa shape index (κ3) is 5.21. The summed E-state index contributed by atoms with van der Waals surface area (Å²) in [6.07, 6.45) is 2.24. The molecule has 3 rings (SSSR count). The van der Waals surface area contributed by atoms with E-state index in [1.165, 1.54) is 11.1 Å². The van der Waals surface area contributed by atoms with Crippen LogP contribution in [0.1, 0.15) is 24.5 Å². The van der Waals surface area contributed by atoms with Crippen molar-refractivity contribution < 1.29 is 9.53 Å². The monoisotopic (exact) mass is 345 g/mol. The van der Waals surface area contributed by atoms with Gasteiger partial charge in [0, 0.05) is 12.1 Å². The Morgan fingerprint density at radius 3 is 2.08 bits per heavy atom. The molecule has 0 aliphatic rings. The summed E-state index contributed by atoms with van der Waals surface area (Å²) in [6.45, 7) is 2.14. The van der Waals surface area contributed by atoms with Crippen molar-refractivity contribution in [3.63, 3.8) is 0 Å². The van der Waals surface area contributed by atoms with Crippen molar-refractivity contribution in [3.8, 4) is 11.5 Å². The Kier molecular flexibility index (Phi) is 6.05. The minimum absolute atomic E-state index is 0.0151. The van der Waals surface area contributed by atoms with Gasteiger partial charge in [-0.15, -0.1) is 0 Å². The summed E-state index contributed by atoms with van der Waals surface area (Å²) < 4.78 is 5.75. The fourth-order valence-corrected chi connectivity index (χ4v) is 2.65. The second kappa shape index (κ2) is 8.86. The van der Waals surface area contributed by atoms with Gasteiger partial charge in [-0.1, -0.05) is 49.4 Å². The third-order valence-electron chi connectivity index (χ3n) is 4.19. The lowest BCUT2D eigenvalue weighted by atomic mass is 10.1. The van der Waals surface area contributed by atoms with Crippen LogP contribution in [0.4, 0.5) is 5.69 Å². The number of rotatable bonds is 7. The predicted octanol–water partition coefficient (Wildman–Crippen LogP) is 5.61. The summed E-state index contributed by atoms with van der Waals surface area (Å²) in [5.74, 6) is 1.55. The first-order valence-electron chi connectivity index (χ1n) is 8.93. The van der Waals surface area contributed by atoms with Crippen molar-refractivity contribution in [1.82, 2.24) is 0 Å². The second-order valence-electron chi connectivity index (χ2n) is 6.16. The van der Waals surface area contributed by atoms with E-state index in [9.17, 15) is 4.79 Å². The summed E-state index contributed by atoms with van der Waals surface area (Å²) >= 11 is 0. The fraction of sp³-hybridized carbons (Fsp3) is 0.174. The molecule has 0 unspecified atom stereocenters. The van der Waals surface area contributed by atoms with Crippen LogP contribution >= 0.6 is 0 Å². The van der Waals surface area contributed by atoms with Crippen molar-refractivity contribution in [2.45, 2.75) is 26.2 Å². The molecule has 132 valence electrons. The number of aryl methyl sites for hydroxylation is 2. The zero-order valence-corrected chi connectivity index (χ0v) is 14.9. The van der Waals surface area contributed by atoms with Gasteiger partial charge in [0.1, 0.15) is 11.5 Å². The Balaban J connectivity index is 1.49. The average Bonchev–Trinajstić information content (AvgIpc) is 2.69. The van der Waals surface area contributed by atoms with Crippen molar-refractivity contribution in [2.75, 3.05) is 5.32 Å². The summed E-state index contributed by atoms with van der Waals surface area (Å²) in [6, 6.07) is 25.5. The van der Waals surface area contributed by atoms with Gasteiger partial charge >= 0.3 is 0 Å². The Labute approximate surface area is 154 Å². The molecule has 0 fully saturated rings. The lowest BCUT2D eigenvalue weighted by molar-refractivity contribution is -0.116. The van der Waals surface area contributed by atoms with Crippen molar-refractivity contribution in [1.29, 1.82) is 0 Å². The second-order valence-corrected chi connectivity index (χ2v) is 6.16. The minimum Gasteiger partial charge on any atom is -0.457 e. The summed E-state index contributed by atoms with van der Waals surface area (Å²) in [5.41, 5.74) is 3.27. The predicted molar refractivity (Wildman–Crippen MR) is 106 cm³/mol. The number of carbonyl (C=O) groups is 1. The molecule has 0 saturated heterocycles. The van der Waals surface area contributed by atoms with Gasteiger partial charge in [-0.25, -0.2) is 0 Å². The first-order valence-corrected chi connectivity index (χ1v) is 8.93. The van der Waals surface area contributed by atoms with Gasteiger partial charge in [0.05, 0.1) is 0 Å². The molecule has 0 spiro atoms. The lowest BCUT2D eigenvalue weighted by Gasteiger charge is -2.08. The molecule has 0 saturated carbocycles. The van der Waals surface area contributed by atoms with Crippen LogP contribution in [0.15, 0.2) is 78.9 Å². The highest BCUT2D eigenvalue weighted by Crippen LogP contribution is 2.22. The number of amides is 1. The largest absolute Gasteiger partial charge is 0.457 e. The highest BCUT2D eigenvalue weighted by atomic mass is 16.5. The van der Waals surface area contributed by atoms with Crippen molar-refractivity contribution >= 4 is 11.6 Å². The number of benzene rings is 3. The number of carbonyl (C=O) groups excluding carboxylic acids is 1. The zero-order valence-electron chi connectivity index (χ0n) is 14.9. The Morgan fingerprint density at radius 1 is 0.808 bits per heavy atom. The molecule has 1 N–H and O–H groups in total. The molecule has 0 heterocycles. The lowest BCUT2D eigenvalue weighted by Crippen LogP contribution is -2.12. The maximum Gasteiger partial charge on any atom is 0.224 e. The number of anilines is 1. The molecule has 0 atom stereocenters. The van der Waals surface area contributed by atoms with Crippen molar-refractivity contribution in [3.05, 3.63) is 90.0 Å². The molecule has 0 aromatic heterocycles. The SMILES string of the molecule is CCc1ccc(CCC(=O)Nc2ccc(Oc3ccccc3)cc2)cc1. The Morgan fingerprint density at radius 2 is 1.42 bits per heavy atom. The van der Waals surface area contributed by atoms with E-state index in [2.05, 4.69) is 36.5 Å². The highest BCUT2D eigenvalue weighted by molar-refractivity contribution is 5.90. The molecule has 0 aliphatic carbocycles. The molecule has 1 amide bonds. The highest BCUT2D eigenvalue weighted by Gasteiger charge is 2.04. The van der Waals surface area contributed by atoms with E-state index in [0.717, 1.165) is 30.0 Å². The van der Waals surface area contributed by atoms with Crippen LogP contribution in [0.3, 0.4) is 0 Å². The van der Waals surface area contributed by atoms with Gasteiger partial charge in [0.15, 0.2) is 0 Å². The molecule has 3 heteroatoms. The van der Waals surface area contributed by atoms with Crippen LogP contribution in [0.5, 0.6) is 11.5 Å². The summed E-state index contributed by atoms with van der Waals surface area (Å²) in [5, 5.41) is 2.93. The Bertz CT molecular complexity index is 824. The standard InChI is InChI=1S/C23H23NO2/c1-2-18-8-10-19(11-9-18)12-17-23(25)24-20-13-15-22(16-14-20)26-21-6-4-3-5-7-21/h3-11,13-16H,2,12,17H2,1H3,(H,24,25). The Hall–Kier alpha value is -3.07. The normalized spacial score (nSPS) is 10.3. The topological polar surface area (TPSA) is 38.3 Å². The zero-order chi connectivity index (χ0) is 18.2. The van der Waals surface area contributed by atoms with Gasteiger partial charge in [-0.05, 0) is 60.4 Å². The van der Waals surface area contributed by atoms with Crippen molar-refractivity contribution in [2.24, 2.45) is 0 Å². The molecule has 3 nitrogen and oxygen atoms in total. The van der Waals surface area contributed by atoms with E-state index in [4.69, 9.17) is 4.74 Å². The third-order valence-corrected chi connectivity index (χ3v) is 4.19. The molecule has 0 bridgehead atoms. The number of para-hydroxylation sites is 1. The fourth-order valence-electron chi connectivity index (χ4n) is 2.65. The maximum atomic E-state index is 12.1. The maximum absolute atomic E-state index is 12.1. The molecule has 0 radical (unpaired) electrons. The van der Waals surface area contributed by atoms with E-state index in [1.807, 2.05) is 54.6 Å². The van der Waals surface area contributed by atoms with Crippen LogP contribution in [0, 0.1) is 0 Å². The minimum atomic E-state index is 0.0151.